The molecule has 12 nitrogen and oxygen atoms in total. The lowest BCUT2D eigenvalue weighted by Crippen LogP contribution is -2.60. The lowest BCUT2D eigenvalue weighted by Gasteiger charge is -2.42. The number of hydrogen-bond acceptors (Lipinski definition) is 8. The van der Waals surface area contributed by atoms with Gasteiger partial charge in [-0.05, 0) is 37.0 Å². The zero-order valence-corrected chi connectivity index (χ0v) is 23.8. The van der Waals surface area contributed by atoms with Crippen molar-refractivity contribution in [3.8, 4) is 11.7 Å². The zero-order chi connectivity index (χ0) is 28.7. The maximum absolute atomic E-state index is 13.5. The van der Waals surface area contributed by atoms with Crippen LogP contribution in [-0.4, -0.2) is 81.4 Å². The highest BCUT2D eigenvalue weighted by Crippen LogP contribution is 2.27. The fourth-order valence-electron chi connectivity index (χ4n) is 6.04. The van der Waals surface area contributed by atoms with Crippen molar-refractivity contribution in [1.82, 2.24) is 35.1 Å². The summed E-state index contributed by atoms with van der Waals surface area (Å²) in [6.07, 6.45) is 13.2. The predicted molar refractivity (Wildman–Crippen MR) is 155 cm³/mol. The second kappa shape index (κ2) is 13.2. The molecule has 1 saturated carbocycles. The van der Waals surface area contributed by atoms with Gasteiger partial charge in [0.2, 0.25) is 11.9 Å². The summed E-state index contributed by atoms with van der Waals surface area (Å²) >= 11 is 0. The van der Waals surface area contributed by atoms with Crippen molar-refractivity contribution in [3.63, 3.8) is 0 Å². The van der Waals surface area contributed by atoms with Crippen LogP contribution in [0.1, 0.15) is 49.7 Å². The molecule has 222 valence electrons. The molecular formula is C30H38N8O4. The highest BCUT2D eigenvalue weighted by Gasteiger charge is 2.34. The Labute approximate surface area is 245 Å². The molecule has 2 fully saturated rings. The second-order valence-corrected chi connectivity index (χ2v) is 11.1. The lowest BCUT2D eigenvalue weighted by atomic mass is 9.95. The summed E-state index contributed by atoms with van der Waals surface area (Å²) in [5.74, 6) is 2.03. The van der Waals surface area contributed by atoms with E-state index in [1.165, 1.54) is 6.42 Å². The Bertz CT molecular complexity index is 1360. The molecule has 12 heteroatoms. The van der Waals surface area contributed by atoms with E-state index in [9.17, 15) is 9.59 Å². The average Bonchev–Trinajstić information content (AvgIpc) is 3.57. The van der Waals surface area contributed by atoms with Crippen LogP contribution in [0.2, 0.25) is 0 Å². The van der Waals surface area contributed by atoms with Crippen LogP contribution in [0.15, 0.2) is 49.2 Å². The van der Waals surface area contributed by atoms with Crippen LogP contribution in [0.25, 0.3) is 5.95 Å². The van der Waals surface area contributed by atoms with Crippen LogP contribution in [0, 0.1) is 0 Å². The van der Waals surface area contributed by atoms with Crippen molar-refractivity contribution in [1.29, 1.82) is 0 Å². The van der Waals surface area contributed by atoms with Gasteiger partial charge in [-0.15, -0.1) is 0 Å². The maximum atomic E-state index is 13.5. The molecule has 4 heterocycles. The number of carbonyl (C=O) groups is 2. The second-order valence-electron chi connectivity index (χ2n) is 11.1. The van der Waals surface area contributed by atoms with E-state index in [0.717, 1.165) is 48.4 Å². The van der Waals surface area contributed by atoms with Gasteiger partial charge in [-0.2, -0.15) is 4.98 Å². The van der Waals surface area contributed by atoms with Crippen molar-refractivity contribution in [2.75, 3.05) is 37.9 Å². The first kappa shape index (κ1) is 28.0. The zero-order valence-electron chi connectivity index (χ0n) is 23.8. The Morgan fingerprint density at radius 2 is 1.98 bits per heavy atom. The molecule has 6 rings (SSSR count). The fraction of sp³-hybridized carbons (Fsp3) is 0.500. The van der Waals surface area contributed by atoms with Gasteiger partial charge in [0.15, 0.2) is 6.79 Å². The van der Waals surface area contributed by atoms with Gasteiger partial charge in [-0.1, -0.05) is 31.4 Å². The van der Waals surface area contributed by atoms with Crippen LogP contribution >= 0.6 is 0 Å². The van der Waals surface area contributed by atoms with Crippen LogP contribution < -0.4 is 20.3 Å². The molecule has 0 radical (unpaired) electrons. The number of ether oxygens (including phenoxy) is 2. The van der Waals surface area contributed by atoms with Gasteiger partial charge >= 0.3 is 6.03 Å². The predicted octanol–water partition coefficient (Wildman–Crippen LogP) is 2.81. The summed E-state index contributed by atoms with van der Waals surface area (Å²) < 4.78 is 12.8. The molecule has 2 N–H and O–H groups in total. The molecular weight excluding hydrogens is 536 g/mol. The molecule has 2 aromatic heterocycles. The molecule has 3 amide bonds. The molecule has 0 bridgehead atoms. The number of aromatic nitrogens is 4. The van der Waals surface area contributed by atoms with E-state index in [-0.39, 0.29) is 37.2 Å². The Morgan fingerprint density at radius 1 is 1.07 bits per heavy atom. The molecule has 1 aromatic carbocycles. The van der Waals surface area contributed by atoms with Crippen LogP contribution in [0.3, 0.4) is 0 Å². The standard InChI is InChI=1S/C30H38N8O4/c39-28(32-11-9-22-5-4-8-26-25(22)19-41-21-42-26)17-24-18-36(27-10-12-33-29(35-27)37-14-13-31-20-37)15-16-38(24)30(40)34-23-6-2-1-3-7-23/h4-5,8,10,12-14,20,23-24H,1-3,6-7,9,11,15-19,21H2,(H,32,39)(H,34,40). The van der Waals surface area contributed by atoms with Gasteiger partial charge in [-0.25, -0.2) is 14.8 Å². The van der Waals surface area contributed by atoms with Gasteiger partial charge in [0.25, 0.3) is 0 Å². The summed E-state index contributed by atoms with van der Waals surface area (Å²) in [5, 5.41) is 6.32. The minimum atomic E-state index is -0.305. The van der Waals surface area contributed by atoms with Gasteiger partial charge in [0.1, 0.15) is 17.9 Å². The Balaban J connectivity index is 1.12. The van der Waals surface area contributed by atoms with Crippen molar-refractivity contribution in [2.24, 2.45) is 0 Å². The first-order valence-corrected chi connectivity index (χ1v) is 14.9. The SMILES string of the molecule is O=C(CC1CN(c2ccnc(-n3ccnc3)n2)CCN1C(=O)NC1CCCCC1)NCCc1cccc2c1COCO2. The van der Waals surface area contributed by atoms with Crippen molar-refractivity contribution >= 4 is 17.8 Å². The third-order valence-corrected chi connectivity index (χ3v) is 8.28. The summed E-state index contributed by atoms with van der Waals surface area (Å²) in [4.78, 5) is 43.8. The monoisotopic (exact) mass is 574 g/mol. The third-order valence-electron chi connectivity index (χ3n) is 8.28. The van der Waals surface area contributed by atoms with Gasteiger partial charge < -0.3 is 29.9 Å². The first-order chi connectivity index (χ1) is 20.6. The number of imidazole rings is 1. The third kappa shape index (κ3) is 6.64. The van der Waals surface area contributed by atoms with Crippen molar-refractivity contribution < 1.29 is 19.1 Å². The Kier molecular flexibility index (Phi) is 8.78. The number of anilines is 1. The normalized spacial score (nSPS) is 19.1. The summed E-state index contributed by atoms with van der Waals surface area (Å²) in [6, 6.07) is 7.62. The molecule has 1 saturated heterocycles. The number of hydrogen-bond donors (Lipinski definition) is 2. The first-order valence-electron chi connectivity index (χ1n) is 14.9. The number of nitrogens with zero attached hydrogens (tertiary/aromatic N) is 6. The summed E-state index contributed by atoms with van der Waals surface area (Å²) in [5.41, 5.74) is 2.13. The Hall–Kier alpha value is -4.19. The van der Waals surface area contributed by atoms with E-state index < -0.39 is 0 Å². The van der Waals surface area contributed by atoms with Crippen LogP contribution in [0.5, 0.6) is 5.75 Å². The molecule has 42 heavy (non-hydrogen) atoms. The minimum Gasteiger partial charge on any atom is -0.467 e. The van der Waals surface area contributed by atoms with E-state index in [0.29, 0.717) is 45.2 Å². The average molecular weight is 575 g/mol. The summed E-state index contributed by atoms with van der Waals surface area (Å²) in [6.45, 7) is 2.86. The molecule has 1 atom stereocenters. The quantitative estimate of drug-likeness (QED) is 0.421. The van der Waals surface area contributed by atoms with E-state index in [4.69, 9.17) is 14.5 Å². The lowest BCUT2D eigenvalue weighted by molar-refractivity contribution is -0.122. The van der Waals surface area contributed by atoms with Gasteiger partial charge in [0, 0.05) is 62.8 Å². The number of urea groups is 1. The van der Waals surface area contributed by atoms with E-state index in [2.05, 4.69) is 25.5 Å². The largest absolute Gasteiger partial charge is 0.467 e. The smallest absolute Gasteiger partial charge is 0.318 e. The number of benzene rings is 1. The highest BCUT2D eigenvalue weighted by atomic mass is 16.7. The van der Waals surface area contributed by atoms with Gasteiger partial charge in [0.05, 0.1) is 12.6 Å². The van der Waals surface area contributed by atoms with E-state index in [1.54, 1.807) is 29.5 Å². The van der Waals surface area contributed by atoms with E-state index in [1.807, 2.05) is 29.2 Å². The molecule has 2 aliphatic heterocycles. The number of fused-ring (bicyclic) bond motifs is 1. The van der Waals surface area contributed by atoms with Crippen LogP contribution in [0.4, 0.5) is 10.6 Å². The molecule has 1 unspecified atom stereocenters. The van der Waals surface area contributed by atoms with Gasteiger partial charge in [-0.3, -0.25) is 9.36 Å². The molecule has 3 aromatic rings. The summed E-state index contributed by atoms with van der Waals surface area (Å²) in [7, 11) is 0. The van der Waals surface area contributed by atoms with Crippen LogP contribution in [-0.2, 0) is 22.6 Å². The topological polar surface area (TPSA) is 127 Å². The Morgan fingerprint density at radius 3 is 2.83 bits per heavy atom. The number of rotatable bonds is 8. The molecule has 3 aliphatic rings. The van der Waals surface area contributed by atoms with Crippen molar-refractivity contribution in [3.05, 3.63) is 60.3 Å². The number of carbonyl (C=O) groups excluding carboxylic acids is 2. The maximum Gasteiger partial charge on any atom is 0.318 e. The molecule has 1 aliphatic carbocycles. The molecule has 0 spiro atoms. The highest BCUT2D eigenvalue weighted by molar-refractivity contribution is 5.79. The van der Waals surface area contributed by atoms with Crippen molar-refractivity contribution in [2.45, 2.75) is 63.6 Å². The fourth-order valence-corrected chi connectivity index (χ4v) is 6.04. The number of piperazine rings is 1. The number of nitrogens with one attached hydrogen (secondary N) is 2. The van der Waals surface area contributed by atoms with E-state index >= 15 is 0 Å². The number of amides is 3. The minimum absolute atomic E-state index is 0.0861.